The van der Waals surface area contributed by atoms with E-state index in [0.717, 1.165) is 12.8 Å². The molecule has 0 unspecified atom stereocenters. The maximum Gasteiger partial charge on any atom is -0.0257 e. The molecule has 0 saturated carbocycles. The summed E-state index contributed by atoms with van der Waals surface area (Å²) in [6.45, 7) is 8.34. The van der Waals surface area contributed by atoms with E-state index in [1.54, 1.807) is 0 Å². The van der Waals surface area contributed by atoms with Crippen LogP contribution in [0.25, 0.3) is 6.08 Å². The third kappa shape index (κ3) is 4.86. The van der Waals surface area contributed by atoms with Crippen LogP contribution in [0.5, 0.6) is 0 Å². The van der Waals surface area contributed by atoms with E-state index in [-0.39, 0.29) is 0 Å². The van der Waals surface area contributed by atoms with E-state index in [1.165, 1.54) is 11.1 Å². The molecule has 0 atom stereocenters. The van der Waals surface area contributed by atoms with E-state index in [9.17, 15) is 0 Å². The molecule has 0 N–H and O–H groups in total. The van der Waals surface area contributed by atoms with E-state index in [2.05, 4.69) is 50.3 Å². The van der Waals surface area contributed by atoms with Crippen LogP contribution in [0.15, 0.2) is 30.3 Å². The number of aryl methyl sites for hydroxylation is 1. The molecular formula is C14H22. The van der Waals surface area contributed by atoms with Crippen molar-refractivity contribution in [2.24, 2.45) is 0 Å². The lowest BCUT2D eigenvalue weighted by molar-refractivity contribution is 1.14. The molecule has 0 aromatic heterocycles. The van der Waals surface area contributed by atoms with Gasteiger partial charge in [-0.05, 0) is 24.0 Å². The zero-order chi connectivity index (χ0) is 10.8. The average molecular weight is 190 g/mol. The normalized spacial score (nSPS) is 9.71. The van der Waals surface area contributed by atoms with Crippen LogP contribution in [0.3, 0.4) is 0 Å². The molecule has 1 aromatic carbocycles. The topological polar surface area (TPSA) is 0 Å². The molecular weight excluding hydrogens is 168 g/mol. The first-order valence-corrected chi connectivity index (χ1v) is 5.62. The van der Waals surface area contributed by atoms with Crippen molar-refractivity contribution < 1.29 is 0 Å². The van der Waals surface area contributed by atoms with Gasteiger partial charge in [-0.15, -0.1) is 0 Å². The molecule has 0 heterocycles. The molecule has 1 rings (SSSR count). The van der Waals surface area contributed by atoms with Crippen molar-refractivity contribution in [2.75, 3.05) is 0 Å². The lowest BCUT2D eigenvalue weighted by Gasteiger charge is -1.97. The van der Waals surface area contributed by atoms with Gasteiger partial charge in [-0.3, -0.25) is 0 Å². The summed E-state index contributed by atoms with van der Waals surface area (Å²) in [6, 6.07) is 8.68. The number of rotatable bonds is 3. The zero-order valence-corrected chi connectivity index (χ0v) is 9.88. The Labute approximate surface area is 88.7 Å². The number of benzene rings is 1. The van der Waals surface area contributed by atoms with E-state index >= 15 is 0 Å². The van der Waals surface area contributed by atoms with E-state index in [1.807, 2.05) is 13.8 Å². The lowest BCUT2D eigenvalue weighted by atomic mass is 10.1. The Balaban J connectivity index is 0.000000791. The van der Waals surface area contributed by atoms with Crippen molar-refractivity contribution in [1.29, 1.82) is 0 Å². The molecule has 0 aliphatic rings. The van der Waals surface area contributed by atoms with Gasteiger partial charge in [0.25, 0.3) is 0 Å². The van der Waals surface area contributed by atoms with Gasteiger partial charge in [0.15, 0.2) is 0 Å². The third-order valence-electron chi connectivity index (χ3n) is 1.91. The number of allylic oxidation sites excluding steroid dienone is 1. The largest absolute Gasteiger partial charge is 0.0842 e. The van der Waals surface area contributed by atoms with Crippen molar-refractivity contribution in [3.8, 4) is 0 Å². The van der Waals surface area contributed by atoms with Crippen molar-refractivity contribution in [1.82, 2.24) is 0 Å². The highest BCUT2D eigenvalue weighted by Gasteiger charge is 1.88. The van der Waals surface area contributed by atoms with E-state index in [0.29, 0.717) is 0 Å². The second-order valence-corrected chi connectivity index (χ2v) is 2.91. The van der Waals surface area contributed by atoms with Crippen LogP contribution in [0, 0.1) is 0 Å². The summed E-state index contributed by atoms with van der Waals surface area (Å²) in [5, 5.41) is 0. The molecule has 0 nitrogen and oxygen atoms in total. The van der Waals surface area contributed by atoms with Gasteiger partial charge in [0.1, 0.15) is 0 Å². The molecule has 0 saturated heterocycles. The van der Waals surface area contributed by atoms with E-state index in [4.69, 9.17) is 0 Å². The summed E-state index contributed by atoms with van der Waals surface area (Å²) in [5.41, 5.74) is 2.73. The minimum Gasteiger partial charge on any atom is -0.0842 e. The predicted octanol–water partition coefficient (Wildman–Crippen LogP) is 4.70. The SMILES string of the molecule is CC.CC/C=C/c1cccc(CC)c1. The van der Waals surface area contributed by atoms with Gasteiger partial charge in [-0.1, -0.05) is 64.1 Å². The standard InChI is InChI=1S/C12H16.C2H6/c1-3-5-7-12-9-6-8-11(4-2)10-12;1-2/h5-10H,3-4H2,1-2H3;1-2H3/b7-5+;. The molecule has 0 aliphatic carbocycles. The molecule has 0 spiro atoms. The summed E-state index contributed by atoms with van der Waals surface area (Å²) < 4.78 is 0. The summed E-state index contributed by atoms with van der Waals surface area (Å²) in [6.07, 6.45) is 6.60. The fourth-order valence-corrected chi connectivity index (χ4v) is 1.17. The molecule has 14 heavy (non-hydrogen) atoms. The highest BCUT2D eigenvalue weighted by atomic mass is 13.9. The highest BCUT2D eigenvalue weighted by molar-refractivity contribution is 5.50. The Hall–Kier alpha value is -1.04. The van der Waals surface area contributed by atoms with Crippen molar-refractivity contribution in [2.45, 2.75) is 40.5 Å². The minimum absolute atomic E-state index is 1.11. The first-order valence-electron chi connectivity index (χ1n) is 5.62. The minimum atomic E-state index is 1.11. The Morgan fingerprint density at radius 3 is 2.43 bits per heavy atom. The van der Waals surface area contributed by atoms with Crippen LogP contribution >= 0.6 is 0 Å². The van der Waals surface area contributed by atoms with E-state index < -0.39 is 0 Å². The van der Waals surface area contributed by atoms with Gasteiger partial charge in [0.2, 0.25) is 0 Å². The summed E-state index contributed by atoms with van der Waals surface area (Å²) in [7, 11) is 0. The van der Waals surface area contributed by atoms with Crippen LogP contribution in [-0.4, -0.2) is 0 Å². The zero-order valence-electron chi connectivity index (χ0n) is 9.88. The summed E-state index contributed by atoms with van der Waals surface area (Å²) >= 11 is 0. The number of hydrogen-bond acceptors (Lipinski definition) is 0. The van der Waals surface area contributed by atoms with Crippen LogP contribution in [0.4, 0.5) is 0 Å². The Morgan fingerprint density at radius 1 is 1.14 bits per heavy atom. The van der Waals surface area contributed by atoms with Crippen LogP contribution < -0.4 is 0 Å². The van der Waals surface area contributed by atoms with Gasteiger partial charge in [0, 0.05) is 0 Å². The van der Waals surface area contributed by atoms with Crippen LogP contribution in [0.2, 0.25) is 0 Å². The van der Waals surface area contributed by atoms with Gasteiger partial charge < -0.3 is 0 Å². The predicted molar refractivity (Wildman–Crippen MR) is 66.5 cm³/mol. The van der Waals surface area contributed by atoms with Gasteiger partial charge in [0.05, 0.1) is 0 Å². The fraction of sp³-hybridized carbons (Fsp3) is 0.429. The summed E-state index contributed by atoms with van der Waals surface area (Å²) in [4.78, 5) is 0. The first-order chi connectivity index (χ1) is 6.86. The molecule has 0 aliphatic heterocycles. The van der Waals surface area contributed by atoms with Gasteiger partial charge in [-0.25, -0.2) is 0 Å². The molecule has 78 valence electrons. The molecule has 0 radical (unpaired) electrons. The molecule has 0 fully saturated rings. The molecule has 0 bridgehead atoms. The lowest BCUT2D eigenvalue weighted by Crippen LogP contribution is -1.79. The van der Waals surface area contributed by atoms with Crippen molar-refractivity contribution in [3.63, 3.8) is 0 Å². The van der Waals surface area contributed by atoms with Crippen LogP contribution in [-0.2, 0) is 6.42 Å². The highest BCUT2D eigenvalue weighted by Crippen LogP contribution is 2.07. The Kier molecular flexibility index (Phi) is 7.92. The van der Waals surface area contributed by atoms with Gasteiger partial charge in [-0.2, -0.15) is 0 Å². The Morgan fingerprint density at radius 2 is 1.86 bits per heavy atom. The fourth-order valence-electron chi connectivity index (χ4n) is 1.17. The molecule has 0 amide bonds. The molecule has 0 heteroatoms. The van der Waals surface area contributed by atoms with Crippen LogP contribution in [0.1, 0.15) is 45.2 Å². The third-order valence-corrected chi connectivity index (χ3v) is 1.91. The van der Waals surface area contributed by atoms with Crippen molar-refractivity contribution >= 4 is 6.08 Å². The summed E-state index contributed by atoms with van der Waals surface area (Å²) in [5.74, 6) is 0. The first kappa shape index (κ1) is 13.0. The van der Waals surface area contributed by atoms with Crippen molar-refractivity contribution in [3.05, 3.63) is 41.5 Å². The Bertz CT molecular complexity index is 258. The quantitative estimate of drug-likeness (QED) is 0.648. The second-order valence-electron chi connectivity index (χ2n) is 2.91. The average Bonchev–Trinajstić information content (AvgIpc) is 2.29. The molecule has 1 aromatic rings. The number of hydrogen-bond donors (Lipinski definition) is 0. The smallest absolute Gasteiger partial charge is 0.0257 e. The van der Waals surface area contributed by atoms with Gasteiger partial charge >= 0.3 is 0 Å². The maximum atomic E-state index is 2.24. The second kappa shape index (κ2) is 8.55. The maximum absolute atomic E-state index is 2.24. The monoisotopic (exact) mass is 190 g/mol.